The summed E-state index contributed by atoms with van der Waals surface area (Å²) in [5.41, 5.74) is 0. The second-order valence-corrected chi connectivity index (χ2v) is 5.85. The maximum absolute atomic E-state index is 9.39. The van der Waals surface area contributed by atoms with Gasteiger partial charge < -0.3 is 4.74 Å². The summed E-state index contributed by atoms with van der Waals surface area (Å²) < 4.78 is 5.24. The highest BCUT2D eigenvalue weighted by molar-refractivity contribution is 5.01. The van der Waals surface area contributed by atoms with Crippen molar-refractivity contribution >= 4 is 0 Å². The minimum atomic E-state index is 0.241. The maximum Gasteiger partial charge on any atom is 0.0672 e. The van der Waals surface area contributed by atoms with Crippen LogP contribution in [0.15, 0.2) is 0 Å². The Bertz CT molecular complexity index is 295. The molecule has 2 aliphatic rings. The standard InChI is InChI=1S/C15H26N2O/c1-3-12-4-5-13(11-16)15(10-12)17(8-9-18-2)14-6-7-14/h12-15H,3-10H2,1-2H3. The fourth-order valence-corrected chi connectivity index (χ4v) is 3.34. The fraction of sp³-hybridized carbons (Fsp3) is 0.933. The van der Waals surface area contributed by atoms with Crippen LogP contribution < -0.4 is 0 Å². The molecule has 0 heterocycles. The second kappa shape index (κ2) is 6.54. The van der Waals surface area contributed by atoms with Gasteiger partial charge in [0, 0.05) is 25.7 Å². The molecule has 3 atom stereocenters. The van der Waals surface area contributed by atoms with Crippen molar-refractivity contribution in [2.24, 2.45) is 11.8 Å². The fourth-order valence-electron chi connectivity index (χ4n) is 3.34. The van der Waals surface area contributed by atoms with Crippen LogP contribution in [0.3, 0.4) is 0 Å². The van der Waals surface area contributed by atoms with Gasteiger partial charge >= 0.3 is 0 Å². The molecule has 0 spiro atoms. The first-order valence-corrected chi connectivity index (χ1v) is 7.44. The van der Waals surface area contributed by atoms with Crippen molar-refractivity contribution in [3.63, 3.8) is 0 Å². The van der Waals surface area contributed by atoms with Gasteiger partial charge in [-0.3, -0.25) is 4.90 Å². The molecule has 3 heteroatoms. The number of nitrogens with zero attached hydrogens (tertiary/aromatic N) is 2. The van der Waals surface area contributed by atoms with E-state index in [0.29, 0.717) is 6.04 Å². The van der Waals surface area contributed by atoms with Crippen LogP contribution in [-0.2, 0) is 4.74 Å². The molecule has 3 unspecified atom stereocenters. The Labute approximate surface area is 111 Å². The zero-order valence-corrected chi connectivity index (χ0v) is 11.8. The Kier molecular flexibility index (Phi) is 5.03. The molecule has 102 valence electrons. The minimum absolute atomic E-state index is 0.241. The van der Waals surface area contributed by atoms with Crippen LogP contribution >= 0.6 is 0 Å². The SMILES string of the molecule is CCC1CCC(C#N)C(N(CCOC)C2CC2)C1. The van der Waals surface area contributed by atoms with Gasteiger partial charge in [0.2, 0.25) is 0 Å². The molecule has 0 aliphatic heterocycles. The highest BCUT2D eigenvalue weighted by Crippen LogP contribution is 2.38. The molecule has 0 radical (unpaired) electrons. The average Bonchev–Trinajstić information content (AvgIpc) is 3.23. The number of hydrogen-bond donors (Lipinski definition) is 0. The van der Waals surface area contributed by atoms with E-state index in [1.54, 1.807) is 7.11 Å². The Hall–Kier alpha value is -0.590. The summed E-state index contributed by atoms with van der Waals surface area (Å²) in [6, 6.07) is 3.77. The van der Waals surface area contributed by atoms with E-state index in [0.717, 1.165) is 31.5 Å². The molecule has 0 saturated heterocycles. The molecule has 0 aromatic heterocycles. The summed E-state index contributed by atoms with van der Waals surface area (Å²) in [5, 5.41) is 9.39. The topological polar surface area (TPSA) is 36.3 Å². The molecule has 0 amide bonds. The van der Waals surface area contributed by atoms with E-state index in [1.807, 2.05) is 0 Å². The second-order valence-electron chi connectivity index (χ2n) is 5.85. The molecule has 18 heavy (non-hydrogen) atoms. The molecule has 2 fully saturated rings. The van der Waals surface area contributed by atoms with Crippen LogP contribution in [0.2, 0.25) is 0 Å². The number of nitriles is 1. The van der Waals surface area contributed by atoms with E-state index in [2.05, 4.69) is 17.9 Å². The molecule has 0 aromatic rings. The predicted octanol–water partition coefficient (Wildman–Crippen LogP) is 2.82. The van der Waals surface area contributed by atoms with Crippen LogP contribution in [-0.4, -0.2) is 37.2 Å². The first-order chi connectivity index (χ1) is 8.80. The van der Waals surface area contributed by atoms with Crippen molar-refractivity contribution in [1.29, 1.82) is 5.26 Å². The van der Waals surface area contributed by atoms with Crippen molar-refractivity contribution in [1.82, 2.24) is 4.90 Å². The Balaban J connectivity index is 2.01. The maximum atomic E-state index is 9.39. The van der Waals surface area contributed by atoms with Gasteiger partial charge in [0.05, 0.1) is 18.6 Å². The third kappa shape index (κ3) is 3.24. The number of ether oxygens (including phenoxy) is 1. The van der Waals surface area contributed by atoms with E-state index in [-0.39, 0.29) is 5.92 Å². The molecule has 0 aromatic carbocycles. The largest absolute Gasteiger partial charge is 0.383 e. The van der Waals surface area contributed by atoms with Crippen LogP contribution in [0.1, 0.15) is 45.4 Å². The van der Waals surface area contributed by atoms with Crippen LogP contribution in [0.5, 0.6) is 0 Å². The van der Waals surface area contributed by atoms with Gasteiger partial charge in [-0.2, -0.15) is 5.26 Å². The van der Waals surface area contributed by atoms with E-state index in [9.17, 15) is 5.26 Å². The summed E-state index contributed by atoms with van der Waals surface area (Å²) in [7, 11) is 1.77. The highest BCUT2D eigenvalue weighted by Gasteiger charge is 2.40. The zero-order chi connectivity index (χ0) is 13.0. The molecular weight excluding hydrogens is 224 g/mol. The van der Waals surface area contributed by atoms with Gasteiger partial charge in [0.15, 0.2) is 0 Å². The summed E-state index contributed by atoms with van der Waals surface area (Å²) in [6.45, 7) is 4.08. The molecule has 0 bridgehead atoms. The normalized spacial score (nSPS) is 32.4. The highest BCUT2D eigenvalue weighted by atomic mass is 16.5. The van der Waals surface area contributed by atoms with E-state index < -0.39 is 0 Å². The predicted molar refractivity (Wildman–Crippen MR) is 72.1 cm³/mol. The lowest BCUT2D eigenvalue weighted by Gasteiger charge is -2.40. The van der Waals surface area contributed by atoms with Crippen molar-refractivity contribution in [2.75, 3.05) is 20.3 Å². The zero-order valence-electron chi connectivity index (χ0n) is 11.8. The number of rotatable bonds is 6. The van der Waals surface area contributed by atoms with Crippen LogP contribution in [0.25, 0.3) is 0 Å². The number of methoxy groups -OCH3 is 1. The van der Waals surface area contributed by atoms with E-state index in [4.69, 9.17) is 4.74 Å². The third-order valence-electron chi connectivity index (χ3n) is 4.66. The smallest absolute Gasteiger partial charge is 0.0672 e. The van der Waals surface area contributed by atoms with Crippen molar-refractivity contribution < 1.29 is 4.74 Å². The monoisotopic (exact) mass is 250 g/mol. The summed E-state index contributed by atoms with van der Waals surface area (Å²) in [6.07, 6.45) is 7.45. The Morgan fingerprint density at radius 2 is 2.06 bits per heavy atom. The quantitative estimate of drug-likeness (QED) is 0.727. The molecular formula is C15H26N2O. The van der Waals surface area contributed by atoms with Crippen molar-refractivity contribution in [3.05, 3.63) is 0 Å². The van der Waals surface area contributed by atoms with Gasteiger partial charge in [-0.05, 0) is 38.0 Å². The first-order valence-electron chi connectivity index (χ1n) is 7.44. The number of hydrogen-bond acceptors (Lipinski definition) is 3. The van der Waals surface area contributed by atoms with Crippen LogP contribution in [0, 0.1) is 23.2 Å². The molecule has 2 aliphatic carbocycles. The Morgan fingerprint density at radius 1 is 1.28 bits per heavy atom. The molecule has 3 nitrogen and oxygen atoms in total. The van der Waals surface area contributed by atoms with Gasteiger partial charge in [-0.25, -0.2) is 0 Å². The summed E-state index contributed by atoms with van der Waals surface area (Å²) in [5.74, 6) is 1.06. The molecule has 2 saturated carbocycles. The van der Waals surface area contributed by atoms with Crippen LogP contribution in [0.4, 0.5) is 0 Å². The van der Waals surface area contributed by atoms with Gasteiger partial charge in [-0.1, -0.05) is 13.3 Å². The average molecular weight is 250 g/mol. The lowest BCUT2D eigenvalue weighted by Crippen LogP contribution is -2.46. The summed E-state index contributed by atoms with van der Waals surface area (Å²) >= 11 is 0. The van der Waals surface area contributed by atoms with Gasteiger partial charge in [0.1, 0.15) is 0 Å². The van der Waals surface area contributed by atoms with Crippen molar-refractivity contribution in [2.45, 2.75) is 57.5 Å². The first kappa shape index (κ1) is 13.8. The van der Waals surface area contributed by atoms with E-state index >= 15 is 0 Å². The van der Waals surface area contributed by atoms with Crippen molar-refractivity contribution in [3.8, 4) is 6.07 Å². The van der Waals surface area contributed by atoms with Gasteiger partial charge in [-0.15, -0.1) is 0 Å². The Morgan fingerprint density at radius 3 is 2.61 bits per heavy atom. The minimum Gasteiger partial charge on any atom is -0.383 e. The van der Waals surface area contributed by atoms with Gasteiger partial charge in [0.25, 0.3) is 0 Å². The lowest BCUT2D eigenvalue weighted by atomic mass is 9.77. The third-order valence-corrected chi connectivity index (χ3v) is 4.66. The molecule has 2 rings (SSSR count). The lowest BCUT2D eigenvalue weighted by molar-refractivity contribution is 0.0634. The molecule has 0 N–H and O–H groups in total. The summed E-state index contributed by atoms with van der Waals surface area (Å²) in [4.78, 5) is 2.58. The van der Waals surface area contributed by atoms with E-state index in [1.165, 1.54) is 32.1 Å².